The van der Waals surface area contributed by atoms with Crippen molar-refractivity contribution in [3.63, 3.8) is 0 Å². The number of esters is 1. The highest BCUT2D eigenvalue weighted by molar-refractivity contribution is 5.72. The van der Waals surface area contributed by atoms with E-state index in [0.29, 0.717) is 49.9 Å². The second-order valence-corrected chi connectivity index (χ2v) is 11.2. The number of carbonyl (C=O) groups excluding carboxylic acids is 2. The lowest BCUT2D eigenvalue weighted by Gasteiger charge is -2.31. The molecule has 1 aliphatic heterocycles. The van der Waals surface area contributed by atoms with Gasteiger partial charge >= 0.3 is 12.1 Å². The molecule has 2 rings (SSSR count). The van der Waals surface area contributed by atoms with E-state index < -0.39 is 11.7 Å². The third kappa shape index (κ3) is 12.9. The van der Waals surface area contributed by atoms with Gasteiger partial charge in [0.15, 0.2) is 11.5 Å². The van der Waals surface area contributed by atoms with Gasteiger partial charge in [0.25, 0.3) is 0 Å². The van der Waals surface area contributed by atoms with Crippen LogP contribution >= 0.6 is 0 Å². The molecule has 0 aliphatic carbocycles. The van der Waals surface area contributed by atoms with Crippen molar-refractivity contribution in [2.45, 2.75) is 105 Å². The van der Waals surface area contributed by atoms with Crippen molar-refractivity contribution in [2.75, 3.05) is 27.4 Å². The van der Waals surface area contributed by atoms with Crippen molar-refractivity contribution in [1.29, 1.82) is 0 Å². The summed E-state index contributed by atoms with van der Waals surface area (Å²) < 4.78 is 27.5. The van der Waals surface area contributed by atoms with Crippen LogP contribution in [0.3, 0.4) is 0 Å². The molecule has 1 fully saturated rings. The Kier molecular flexibility index (Phi) is 15.2. The van der Waals surface area contributed by atoms with Crippen molar-refractivity contribution < 1.29 is 33.3 Å². The molecule has 1 heterocycles. The first-order valence-electron chi connectivity index (χ1n) is 13.9. The molecule has 218 valence electrons. The summed E-state index contributed by atoms with van der Waals surface area (Å²) in [4.78, 5) is 24.4. The molecule has 1 aromatic carbocycles. The number of hydrogen-bond donors (Lipinski definition) is 1. The van der Waals surface area contributed by atoms with Gasteiger partial charge < -0.3 is 29.0 Å². The molecule has 1 aliphatic rings. The first-order chi connectivity index (χ1) is 17.9. The Morgan fingerprint density at radius 2 is 1.82 bits per heavy atom. The number of hydrogen-bond acceptors (Lipinski definition) is 7. The number of carbonyl (C=O) groups is 2. The van der Waals surface area contributed by atoms with E-state index in [1.807, 2.05) is 39.0 Å². The third-order valence-electron chi connectivity index (χ3n) is 6.04. The van der Waals surface area contributed by atoms with E-state index >= 15 is 0 Å². The zero-order valence-electron chi connectivity index (χ0n) is 25.1. The molecule has 8 heteroatoms. The topological polar surface area (TPSA) is 92.3 Å². The lowest BCUT2D eigenvalue weighted by Crippen LogP contribution is -2.47. The number of alkyl carbamates (subject to hydrolysis) is 1. The fraction of sp³-hybridized carbons (Fsp3) is 0.733. The van der Waals surface area contributed by atoms with Crippen LogP contribution in [0, 0.1) is 11.8 Å². The second kappa shape index (κ2) is 17.2. The minimum Gasteiger partial charge on any atom is -0.493 e. The van der Waals surface area contributed by atoms with Crippen LogP contribution in [0.5, 0.6) is 11.5 Å². The van der Waals surface area contributed by atoms with E-state index in [4.69, 9.17) is 23.7 Å². The molecule has 0 bridgehead atoms. The summed E-state index contributed by atoms with van der Waals surface area (Å²) in [7, 11) is 3.30. The molecular formula is C30H51NO7. The molecule has 0 radical (unpaired) electrons. The molecule has 0 saturated carbocycles. The molecule has 3 unspecified atom stereocenters. The zero-order valence-corrected chi connectivity index (χ0v) is 25.1. The summed E-state index contributed by atoms with van der Waals surface area (Å²) in [5.74, 6) is 1.73. The van der Waals surface area contributed by atoms with Crippen LogP contribution < -0.4 is 14.8 Å². The smallest absolute Gasteiger partial charge is 0.408 e. The molecule has 38 heavy (non-hydrogen) atoms. The number of cyclic esters (lactones) is 1. The number of nitrogens with one attached hydrogen (secondary N) is 1. The Hall–Kier alpha value is -2.48. The van der Waals surface area contributed by atoms with Gasteiger partial charge in [-0.3, -0.25) is 4.79 Å². The first-order valence-corrected chi connectivity index (χ1v) is 13.9. The van der Waals surface area contributed by atoms with E-state index in [-0.39, 0.29) is 24.0 Å². The lowest BCUT2D eigenvalue weighted by molar-refractivity contribution is -0.142. The Bertz CT molecular complexity index is 834. The molecule has 8 nitrogen and oxygen atoms in total. The molecule has 1 N–H and O–H groups in total. The standard InChI is InChI=1S/C27H43NO7.C3H8/c1-18(2)20(15-19-9-10-23(32-7)24(16-19)33-14-8-13-31-6)17-21(22-11-12-25(29)34-22)28-26(30)35-27(3,4)5;1-3-2/h9-10,16,18,20-22H,8,11-15,17H2,1-7H3,(H,28,30);3H2,1-2H3. The number of amides is 1. The Morgan fingerprint density at radius 3 is 2.34 bits per heavy atom. The van der Waals surface area contributed by atoms with Gasteiger partial charge in [0.2, 0.25) is 0 Å². The predicted molar refractivity (Wildman–Crippen MR) is 150 cm³/mol. The van der Waals surface area contributed by atoms with Gasteiger partial charge in [-0.05, 0) is 69.6 Å². The van der Waals surface area contributed by atoms with Crippen LogP contribution in [0.15, 0.2) is 18.2 Å². The molecule has 1 amide bonds. The average Bonchev–Trinajstić information content (AvgIpc) is 3.26. The van der Waals surface area contributed by atoms with Gasteiger partial charge in [-0.2, -0.15) is 0 Å². The quantitative estimate of drug-likeness (QED) is 0.232. The summed E-state index contributed by atoms with van der Waals surface area (Å²) in [5.41, 5.74) is 0.506. The fourth-order valence-electron chi connectivity index (χ4n) is 4.16. The predicted octanol–water partition coefficient (Wildman–Crippen LogP) is 6.33. The van der Waals surface area contributed by atoms with Crippen molar-refractivity contribution >= 4 is 12.1 Å². The van der Waals surface area contributed by atoms with Gasteiger partial charge in [-0.25, -0.2) is 4.79 Å². The summed E-state index contributed by atoms with van der Waals surface area (Å²) in [6.45, 7) is 15.2. The van der Waals surface area contributed by atoms with Crippen molar-refractivity contribution in [3.05, 3.63) is 23.8 Å². The van der Waals surface area contributed by atoms with Gasteiger partial charge in [0.1, 0.15) is 11.7 Å². The van der Waals surface area contributed by atoms with Gasteiger partial charge in [-0.15, -0.1) is 0 Å². The van der Waals surface area contributed by atoms with Crippen molar-refractivity contribution in [2.24, 2.45) is 11.8 Å². The van der Waals surface area contributed by atoms with E-state index in [1.165, 1.54) is 6.42 Å². The third-order valence-corrected chi connectivity index (χ3v) is 6.04. The summed E-state index contributed by atoms with van der Waals surface area (Å²) >= 11 is 0. The second-order valence-electron chi connectivity index (χ2n) is 11.2. The monoisotopic (exact) mass is 537 g/mol. The maximum atomic E-state index is 12.6. The Morgan fingerprint density at radius 1 is 1.13 bits per heavy atom. The van der Waals surface area contributed by atoms with Crippen LogP contribution in [-0.4, -0.2) is 57.2 Å². The van der Waals surface area contributed by atoms with Crippen LogP contribution in [0.2, 0.25) is 0 Å². The van der Waals surface area contributed by atoms with Crippen molar-refractivity contribution in [1.82, 2.24) is 5.32 Å². The largest absolute Gasteiger partial charge is 0.493 e. The normalized spacial score (nSPS) is 16.7. The fourth-order valence-corrected chi connectivity index (χ4v) is 4.16. The highest BCUT2D eigenvalue weighted by Gasteiger charge is 2.35. The minimum atomic E-state index is -0.610. The molecule has 1 saturated heterocycles. The van der Waals surface area contributed by atoms with E-state index in [0.717, 1.165) is 18.4 Å². The van der Waals surface area contributed by atoms with Crippen molar-refractivity contribution in [3.8, 4) is 11.5 Å². The van der Waals surface area contributed by atoms with Gasteiger partial charge in [-0.1, -0.05) is 40.2 Å². The highest BCUT2D eigenvalue weighted by Crippen LogP contribution is 2.32. The molecular weight excluding hydrogens is 486 g/mol. The van der Waals surface area contributed by atoms with E-state index in [9.17, 15) is 9.59 Å². The van der Waals surface area contributed by atoms with Gasteiger partial charge in [0, 0.05) is 26.6 Å². The van der Waals surface area contributed by atoms with Gasteiger partial charge in [0.05, 0.1) is 19.8 Å². The molecule has 0 aromatic heterocycles. The molecule has 1 aromatic rings. The Labute approximate surface area is 230 Å². The zero-order chi connectivity index (χ0) is 28.7. The maximum absolute atomic E-state index is 12.6. The van der Waals surface area contributed by atoms with E-state index in [1.54, 1.807) is 14.2 Å². The summed E-state index contributed by atoms with van der Waals surface area (Å²) in [6, 6.07) is 5.66. The van der Waals surface area contributed by atoms with E-state index in [2.05, 4.69) is 33.0 Å². The van der Waals surface area contributed by atoms with Crippen LogP contribution in [-0.2, 0) is 25.4 Å². The maximum Gasteiger partial charge on any atom is 0.408 e. The first kappa shape index (κ1) is 33.5. The lowest BCUT2D eigenvalue weighted by atomic mass is 9.82. The number of rotatable bonds is 13. The number of ether oxygens (including phenoxy) is 5. The average molecular weight is 538 g/mol. The van der Waals surface area contributed by atoms with Crippen LogP contribution in [0.25, 0.3) is 0 Å². The van der Waals surface area contributed by atoms with Crippen LogP contribution in [0.1, 0.15) is 86.1 Å². The minimum absolute atomic E-state index is 0.225. The SMILES string of the molecule is CCC.COCCCOc1cc(CC(CC(NC(=O)OC(C)(C)C)C2CCC(=O)O2)C(C)C)ccc1OC. The highest BCUT2D eigenvalue weighted by atomic mass is 16.6. The Balaban J connectivity index is 0.00000229. The molecule has 3 atom stereocenters. The van der Waals surface area contributed by atoms with Crippen LogP contribution in [0.4, 0.5) is 4.79 Å². The summed E-state index contributed by atoms with van der Waals surface area (Å²) in [6.07, 6.45) is 3.58. The number of methoxy groups -OCH3 is 2. The summed E-state index contributed by atoms with van der Waals surface area (Å²) in [5, 5.41) is 2.98. The number of benzene rings is 1. The molecule has 0 spiro atoms.